The summed E-state index contributed by atoms with van der Waals surface area (Å²) in [5.41, 5.74) is 1.07. The van der Waals surface area contributed by atoms with Gasteiger partial charge in [0.15, 0.2) is 0 Å². The molecule has 1 aromatic rings. The van der Waals surface area contributed by atoms with Gasteiger partial charge in [0.2, 0.25) is 0 Å². The van der Waals surface area contributed by atoms with E-state index >= 15 is 0 Å². The Morgan fingerprint density at radius 2 is 2.00 bits per heavy atom. The summed E-state index contributed by atoms with van der Waals surface area (Å²) in [6.07, 6.45) is 1.83. The number of aromatic nitrogens is 2. The highest BCUT2D eigenvalue weighted by atomic mass is 14.9. The maximum absolute atomic E-state index is 4.54. The Morgan fingerprint density at radius 1 is 1.36 bits per heavy atom. The zero-order valence-corrected chi connectivity index (χ0v) is 9.63. The van der Waals surface area contributed by atoms with Crippen molar-refractivity contribution in [3.05, 3.63) is 23.8 Å². The van der Waals surface area contributed by atoms with Gasteiger partial charge in [0.25, 0.3) is 0 Å². The van der Waals surface area contributed by atoms with Crippen LogP contribution in [0, 0.1) is 0 Å². The highest BCUT2D eigenvalue weighted by Gasteiger charge is 2.18. The molecular weight excluding hydrogens is 174 g/mol. The van der Waals surface area contributed by atoms with Gasteiger partial charge >= 0.3 is 0 Å². The van der Waals surface area contributed by atoms with E-state index in [1.807, 2.05) is 19.3 Å². The quantitative estimate of drug-likeness (QED) is 0.781. The van der Waals surface area contributed by atoms with E-state index in [2.05, 4.69) is 43.0 Å². The minimum absolute atomic E-state index is 0.0173. The first-order chi connectivity index (χ1) is 6.45. The maximum atomic E-state index is 4.54. The zero-order chi connectivity index (χ0) is 10.8. The first kappa shape index (κ1) is 11.1. The fourth-order valence-corrected chi connectivity index (χ4v) is 1.12. The second-order valence-corrected chi connectivity index (χ2v) is 4.57. The monoisotopic (exact) mass is 193 g/mol. The molecule has 78 valence electrons. The van der Waals surface area contributed by atoms with Crippen LogP contribution >= 0.6 is 0 Å². The van der Waals surface area contributed by atoms with E-state index < -0.39 is 0 Å². The third kappa shape index (κ3) is 2.51. The van der Waals surface area contributed by atoms with Gasteiger partial charge in [-0.25, -0.2) is 9.97 Å². The van der Waals surface area contributed by atoms with E-state index in [0.717, 1.165) is 11.5 Å². The molecule has 0 aliphatic heterocycles. The lowest BCUT2D eigenvalue weighted by Gasteiger charge is -2.18. The normalized spacial score (nSPS) is 14.1. The summed E-state index contributed by atoms with van der Waals surface area (Å²) in [7, 11) is 1.93. The van der Waals surface area contributed by atoms with Crippen molar-refractivity contribution in [2.24, 2.45) is 0 Å². The second-order valence-electron chi connectivity index (χ2n) is 4.57. The Labute approximate surface area is 86.0 Å². The number of nitrogens with one attached hydrogen (secondary N) is 1. The topological polar surface area (TPSA) is 37.8 Å². The third-order valence-corrected chi connectivity index (χ3v) is 2.22. The minimum Gasteiger partial charge on any atom is -0.312 e. The zero-order valence-electron chi connectivity index (χ0n) is 9.63. The van der Waals surface area contributed by atoms with Crippen LogP contribution in [0.3, 0.4) is 0 Å². The molecule has 1 heterocycles. The molecule has 0 aromatic carbocycles. The van der Waals surface area contributed by atoms with Crippen LogP contribution < -0.4 is 5.32 Å². The summed E-state index contributed by atoms with van der Waals surface area (Å²) in [5.74, 6) is 0.900. The molecule has 0 aliphatic carbocycles. The van der Waals surface area contributed by atoms with Gasteiger partial charge in [-0.05, 0) is 20.0 Å². The molecule has 3 nitrogen and oxygen atoms in total. The number of rotatable bonds is 2. The molecule has 0 spiro atoms. The SMILES string of the molecule is CN[C@@H](C)c1ccnc(C(C)(C)C)n1. The van der Waals surface area contributed by atoms with Crippen molar-refractivity contribution in [3.8, 4) is 0 Å². The molecule has 14 heavy (non-hydrogen) atoms. The molecule has 0 saturated heterocycles. The van der Waals surface area contributed by atoms with Crippen LogP contribution in [-0.2, 0) is 5.41 Å². The van der Waals surface area contributed by atoms with Crippen molar-refractivity contribution < 1.29 is 0 Å². The van der Waals surface area contributed by atoms with E-state index in [1.54, 1.807) is 0 Å². The van der Waals surface area contributed by atoms with E-state index in [1.165, 1.54) is 0 Å². The molecule has 0 bridgehead atoms. The Kier molecular flexibility index (Phi) is 3.21. The number of hydrogen-bond acceptors (Lipinski definition) is 3. The van der Waals surface area contributed by atoms with Crippen LogP contribution in [0.5, 0.6) is 0 Å². The first-order valence-electron chi connectivity index (χ1n) is 4.96. The lowest BCUT2D eigenvalue weighted by atomic mass is 9.95. The summed E-state index contributed by atoms with van der Waals surface area (Å²) >= 11 is 0. The molecule has 0 fully saturated rings. The van der Waals surface area contributed by atoms with Gasteiger partial charge < -0.3 is 5.32 Å². The average Bonchev–Trinajstić information content (AvgIpc) is 2.15. The number of hydrogen-bond donors (Lipinski definition) is 1. The Bertz CT molecular complexity index is 302. The van der Waals surface area contributed by atoms with Gasteiger partial charge in [-0.15, -0.1) is 0 Å². The van der Waals surface area contributed by atoms with Gasteiger partial charge in [-0.2, -0.15) is 0 Å². The predicted octanol–water partition coefficient (Wildman–Crippen LogP) is 2.05. The number of nitrogens with zero attached hydrogens (tertiary/aromatic N) is 2. The fraction of sp³-hybridized carbons (Fsp3) is 0.636. The summed E-state index contributed by atoms with van der Waals surface area (Å²) in [6.45, 7) is 8.46. The van der Waals surface area contributed by atoms with Crippen molar-refractivity contribution in [1.29, 1.82) is 0 Å². The predicted molar refractivity (Wildman–Crippen MR) is 58.2 cm³/mol. The van der Waals surface area contributed by atoms with Crippen molar-refractivity contribution in [2.45, 2.75) is 39.2 Å². The molecule has 1 rings (SSSR count). The highest BCUT2D eigenvalue weighted by Crippen LogP contribution is 2.19. The maximum Gasteiger partial charge on any atom is 0.133 e. The highest BCUT2D eigenvalue weighted by molar-refractivity contribution is 5.11. The summed E-state index contributed by atoms with van der Waals surface area (Å²) in [4.78, 5) is 8.83. The molecule has 1 aromatic heterocycles. The van der Waals surface area contributed by atoms with Crippen molar-refractivity contribution >= 4 is 0 Å². The standard InChI is InChI=1S/C11H19N3/c1-8(12-5)9-6-7-13-10(14-9)11(2,3)4/h6-8,12H,1-5H3/t8-/m0/s1. The average molecular weight is 193 g/mol. The Morgan fingerprint density at radius 3 is 2.50 bits per heavy atom. The smallest absolute Gasteiger partial charge is 0.133 e. The largest absolute Gasteiger partial charge is 0.312 e. The molecule has 1 N–H and O–H groups in total. The van der Waals surface area contributed by atoms with Crippen LogP contribution in [0.2, 0.25) is 0 Å². The van der Waals surface area contributed by atoms with Crippen LogP contribution in [-0.4, -0.2) is 17.0 Å². The molecular formula is C11H19N3. The third-order valence-electron chi connectivity index (χ3n) is 2.22. The summed E-state index contributed by atoms with van der Waals surface area (Å²) in [6, 6.07) is 2.23. The van der Waals surface area contributed by atoms with E-state index in [-0.39, 0.29) is 11.5 Å². The van der Waals surface area contributed by atoms with Crippen LogP contribution in [0.1, 0.15) is 45.3 Å². The molecule has 0 radical (unpaired) electrons. The van der Waals surface area contributed by atoms with Gasteiger partial charge in [0, 0.05) is 17.7 Å². The van der Waals surface area contributed by atoms with E-state index in [0.29, 0.717) is 0 Å². The first-order valence-corrected chi connectivity index (χ1v) is 4.96. The van der Waals surface area contributed by atoms with Crippen molar-refractivity contribution in [2.75, 3.05) is 7.05 Å². The van der Waals surface area contributed by atoms with Crippen LogP contribution in [0.25, 0.3) is 0 Å². The Hall–Kier alpha value is -0.960. The van der Waals surface area contributed by atoms with Crippen molar-refractivity contribution in [1.82, 2.24) is 15.3 Å². The van der Waals surface area contributed by atoms with Gasteiger partial charge in [0.1, 0.15) is 5.82 Å². The molecule has 1 atom stereocenters. The fourth-order valence-electron chi connectivity index (χ4n) is 1.12. The Balaban J connectivity index is 3.01. The lowest BCUT2D eigenvalue weighted by Crippen LogP contribution is -2.20. The van der Waals surface area contributed by atoms with E-state index in [4.69, 9.17) is 0 Å². The molecule has 0 aliphatic rings. The molecule has 3 heteroatoms. The van der Waals surface area contributed by atoms with Gasteiger partial charge in [-0.1, -0.05) is 20.8 Å². The van der Waals surface area contributed by atoms with E-state index in [9.17, 15) is 0 Å². The van der Waals surface area contributed by atoms with Crippen LogP contribution in [0.4, 0.5) is 0 Å². The van der Waals surface area contributed by atoms with Crippen molar-refractivity contribution in [3.63, 3.8) is 0 Å². The molecule has 0 unspecified atom stereocenters. The lowest BCUT2D eigenvalue weighted by molar-refractivity contribution is 0.530. The van der Waals surface area contributed by atoms with Gasteiger partial charge in [-0.3, -0.25) is 0 Å². The summed E-state index contributed by atoms with van der Waals surface area (Å²) in [5, 5.41) is 3.17. The minimum atomic E-state index is 0.0173. The molecule has 0 amide bonds. The van der Waals surface area contributed by atoms with Gasteiger partial charge in [0.05, 0.1) is 5.69 Å². The van der Waals surface area contributed by atoms with Crippen LogP contribution in [0.15, 0.2) is 12.3 Å². The summed E-state index contributed by atoms with van der Waals surface area (Å²) < 4.78 is 0. The molecule has 0 saturated carbocycles. The second kappa shape index (κ2) is 4.05.